The molecule has 0 saturated heterocycles. The van der Waals surface area contributed by atoms with Crippen LogP contribution in [-0.4, -0.2) is 94.8 Å². The molecule has 0 bridgehead atoms. The van der Waals surface area contributed by atoms with E-state index in [1.165, 1.54) is 31.6 Å². The molecule has 0 aliphatic heterocycles. The van der Waals surface area contributed by atoms with Crippen molar-refractivity contribution in [2.24, 2.45) is 10.7 Å². The number of rotatable bonds is 10. The fraction of sp³-hybridized carbons (Fsp3) is 0.481. The second kappa shape index (κ2) is 15.6. The van der Waals surface area contributed by atoms with Crippen molar-refractivity contribution < 1.29 is 38.2 Å². The number of nitrogens with zero attached hydrogens (tertiary/aromatic N) is 4. The highest BCUT2D eigenvalue weighted by Gasteiger charge is 2.34. The Hall–Kier alpha value is -4.80. The molecule has 0 aliphatic carbocycles. The van der Waals surface area contributed by atoms with Crippen LogP contribution in [0.2, 0.25) is 0 Å². The van der Waals surface area contributed by atoms with E-state index in [9.17, 15) is 24.0 Å². The van der Waals surface area contributed by atoms with Crippen molar-refractivity contribution in [3.8, 4) is 0 Å². The van der Waals surface area contributed by atoms with Crippen LogP contribution in [0.15, 0.2) is 35.6 Å². The number of methoxy groups -OCH3 is 1. The van der Waals surface area contributed by atoms with Crippen molar-refractivity contribution in [1.82, 2.24) is 25.5 Å². The van der Waals surface area contributed by atoms with E-state index >= 15 is 0 Å². The largest absolute Gasteiger partial charge is 0.467 e. The molecule has 16 nitrogen and oxygen atoms in total. The smallest absolute Gasteiger partial charge is 0.427 e. The minimum Gasteiger partial charge on any atom is -0.467 e. The third kappa shape index (κ3) is 11.8. The van der Waals surface area contributed by atoms with E-state index < -0.39 is 53.2 Å². The molecule has 4 amide bonds. The maximum Gasteiger partial charge on any atom is 0.427 e. The number of aromatic nitrogens is 2. The van der Waals surface area contributed by atoms with Crippen molar-refractivity contribution in [3.63, 3.8) is 0 Å². The topological polar surface area (TPSA) is 217 Å². The molecule has 2 rings (SSSR count). The summed E-state index contributed by atoms with van der Waals surface area (Å²) in [5, 5.41) is 8.03. The van der Waals surface area contributed by atoms with Gasteiger partial charge in [0.2, 0.25) is 11.9 Å². The van der Waals surface area contributed by atoms with Gasteiger partial charge in [0.15, 0.2) is 0 Å². The molecule has 2 aromatic rings. The summed E-state index contributed by atoms with van der Waals surface area (Å²) in [6, 6.07) is 3.59. The van der Waals surface area contributed by atoms with E-state index in [1.807, 2.05) is 0 Å². The van der Waals surface area contributed by atoms with Gasteiger partial charge in [0.05, 0.1) is 23.4 Å². The summed E-state index contributed by atoms with van der Waals surface area (Å²) >= 11 is 0.930. The normalized spacial score (nSPS) is 12.4. The zero-order valence-corrected chi connectivity index (χ0v) is 26.4. The van der Waals surface area contributed by atoms with Crippen LogP contribution in [0, 0.1) is 0 Å². The first-order valence-electron chi connectivity index (χ1n) is 13.3. The molecular weight excluding hydrogens is 596 g/mol. The van der Waals surface area contributed by atoms with Gasteiger partial charge < -0.3 is 35.9 Å². The van der Waals surface area contributed by atoms with Gasteiger partial charge in [0.1, 0.15) is 17.2 Å². The zero-order chi connectivity index (χ0) is 33.1. The number of amides is 4. The number of imide groups is 1. The lowest BCUT2D eigenvalue weighted by Crippen LogP contribution is -2.50. The summed E-state index contributed by atoms with van der Waals surface area (Å²) in [6.07, 6.45) is 0.849. The molecule has 0 saturated carbocycles. The third-order valence-corrected chi connectivity index (χ3v) is 6.01. The van der Waals surface area contributed by atoms with Gasteiger partial charge in [-0.15, -0.1) is 16.2 Å². The van der Waals surface area contributed by atoms with Crippen LogP contribution in [-0.2, 0) is 19.0 Å². The third-order valence-electron chi connectivity index (χ3n) is 4.93. The predicted molar refractivity (Wildman–Crippen MR) is 161 cm³/mol. The van der Waals surface area contributed by atoms with Gasteiger partial charge in [-0.25, -0.2) is 24.4 Å². The van der Waals surface area contributed by atoms with Crippen LogP contribution >= 0.6 is 11.3 Å². The van der Waals surface area contributed by atoms with Gasteiger partial charge in [0.25, 0.3) is 11.8 Å². The molecule has 240 valence electrons. The molecule has 0 fully saturated rings. The van der Waals surface area contributed by atoms with E-state index in [-0.39, 0.29) is 35.3 Å². The number of carbonyl (C=O) groups is 5. The summed E-state index contributed by atoms with van der Waals surface area (Å²) in [7, 11) is 1.21. The highest BCUT2D eigenvalue weighted by molar-refractivity contribution is 7.15. The minimum absolute atomic E-state index is 0.0104. The monoisotopic (exact) mass is 634 g/mol. The summed E-state index contributed by atoms with van der Waals surface area (Å²) < 4.78 is 15.3. The molecule has 0 radical (unpaired) electrons. The van der Waals surface area contributed by atoms with Gasteiger partial charge in [0, 0.05) is 25.5 Å². The zero-order valence-electron chi connectivity index (χ0n) is 25.6. The number of esters is 1. The number of thiophene rings is 1. The number of hydrogen-bond acceptors (Lipinski definition) is 13. The number of ether oxygens (including phenoxy) is 3. The lowest BCUT2D eigenvalue weighted by molar-refractivity contribution is -0.141. The second-order valence-corrected chi connectivity index (χ2v) is 12.0. The fourth-order valence-corrected chi connectivity index (χ4v) is 3.94. The first kappa shape index (κ1) is 35.4. The minimum atomic E-state index is -1.07. The van der Waals surface area contributed by atoms with Crippen LogP contribution in [0.1, 0.15) is 60.9 Å². The Balaban J connectivity index is 1.96. The maximum atomic E-state index is 12.7. The summed E-state index contributed by atoms with van der Waals surface area (Å²) in [4.78, 5) is 75.6. The second-order valence-electron chi connectivity index (χ2n) is 11.0. The Morgan fingerprint density at radius 1 is 0.932 bits per heavy atom. The Labute approximate surface area is 258 Å². The van der Waals surface area contributed by atoms with Gasteiger partial charge in [-0.3, -0.25) is 14.6 Å². The summed E-state index contributed by atoms with van der Waals surface area (Å²) in [6.45, 7) is 9.51. The van der Waals surface area contributed by atoms with Crippen molar-refractivity contribution in [2.75, 3.05) is 32.1 Å². The molecule has 17 heteroatoms. The van der Waals surface area contributed by atoms with Gasteiger partial charge in [-0.2, -0.15) is 0 Å². The Kier molecular flexibility index (Phi) is 12.6. The summed E-state index contributed by atoms with van der Waals surface area (Å²) in [5.74, 6) is -1.93. The number of guanidine groups is 1. The number of aliphatic imine (C=N–C) groups is 1. The summed E-state index contributed by atoms with van der Waals surface area (Å²) in [5.41, 5.74) is 4.09. The van der Waals surface area contributed by atoms with Crippen LogP contribution in [0.25, 0.3) is 0 Å². The number of nitrogens with two attached hydrogens (primary N) is 1. The molecule has 0 spiro atoms. The molecule has 44 heavy (non-hydrogen) atoms. The number of carbonyl (C=O) groups excluding carboxylic acids is 5. The highest BCUT2D eigenvalue weighted by Crippen LogP contribution is 2.17. The predicted octanol–water partition coefficient (Wildman–Crippen LogP) is 2.14. The highest BCUT2D eigenvalue weighted by atomic mass is 32.1. The molecule has 0 aromatic carbocycles. The Morgan fingerprint density at radius 2 is 1.45 bits per heavy atom. The molecule has 1 atom stereocenters. The quantitative estimate of drug-likeness (QED) is 0.0972. The first-order valence-corrected chi connectivity index (χ1v) is 14.2. The Bertz CT molecular complexity index is 1320. The van der Waals surface area contributed by atoms with Gasteiger partial charge in [-0.05, 0) is 59.7 Å². The number of hydrogen-bond donors (Lipinski definition) is 4. The van der Waals surface area contributed by atoms with E-state index in [0.29, 0.717) is 4.90 Å². The van der Waals surface area contributed by atoms with E-state index in [2.05, 4.69) is 30.9 Å². The number of anilines is 1. The molecule has 2 heterocycles. The number of nitrogens with one attached hydrogen (secondary N) is 3. The Morgan fingerprint density at radius 3 is 1.95 bits per heavy atom. The van der Waals surface area contributed by atoms with E-state index in [1.54, 1.807) is 47.6 Å². The van der Waals surface area contributed by atoms with Gasteiger partial charge >= 0.3 is 18.2 Å². The molecular formula is C27H38N8O8S. The van der Waals surface area contributed by atoms with Crippen LogP contribution in [0.5, 0.6) is 0 Å². The van der Waals surface area contributed by atoms with E-state index in [4.69, 9.17) is 19.9 Å². The first-order chi connectivity index (χ1) is 20.5. The molecule has 1 unspecified atom stereocenters. The lowest BCUT2D eigenvalue weighted by atomic mass is 10.2. The van der Waals surface area contributed by atoms with Crippen LogP contribution in [0.4, 0.5) is 15.5 Å². The van der Waals surface area contributed by atoms with E-state index in [0.717, 1.165) is 11.3 Å². The van der Waals surface area contributed by atoms with Crippen molar-refractivity contribution >= 4 is 53.2 Å². The van der Waals surface area contributed by atoms with Gasteiger partial charge in [-0.1, -0.05) is 0 Å². The molecule has 0 aliphatic rings. The van der Waals surface area contributed by atoms with Crippen LogP contribution in [0.3, 0.4) is 0 Å². The SMILES string of the molecule is COC(=O)C(CNC(=O)c1ccc(C(=O)NCCN=C(N)N(C(=O)OC(C)(C)C)C(=O)OC(C)(C)C)s1)Nc1ncccn1. The van der Waals surface area contributed by atoms with Crippen molar-refractivity contribution in [2.45, 2.75) is 58.8 Å². The average Bonchev–Trinajstić information content (AvgIpc) is 3.42. The van der Waals surface area contributed by atoms with Crippen LogP contribution < -0.4 is 21.7 Å². The fourth-order valence-electron chi connectivity index (χ4n) is 3.10. The standard InChI is InChI=1S/C27H38N8O8S/c1-26(2,3)42-24(39)35(25(40)43-27(4,5)6)22(28)30-14-13-29-19(36)17-9-10-18(44-17)20(37)33-15-16(21(38)41-7)34-23-31-11-8-12-32-23/h8-12,16H,13-15H2,1-7H3,(H2,28,30)(H,29,36)(H,33,37)(H,31,32,34). The van der Waals surface area contributed by atoms with Crippen molar-refractivity contribution in [1.29, 1.82) is 0 Å². The van der Waals surface area contributed by atoms with Crippen molar-refractivity contribution in [3.05, 3.63) is 40.3 Å². The average molecular weight is 635 g/mol. The molecule has 5 N–H and O–H groups in total. The molecule has 2 aromatic heterocycles. The lowest BCUT2D eigenvalue weighted by Gasteiger charge is -2.27. The maximum absolute atomic E-state index is 12.7.